The summed E-state index contributed by atoms with van der Waals surface area (Å²) in [7, 11) is 1.71. The van der Waals surface area contributed by atoms with Crippen molar-refractivity contribution in [2.75, 3.05) is 12.1 Å². The molecule has 2 heterocycles. The van der Waals surface area contributed by atoms with Gasteiger partial charge >= 0.3 is 12.2 Å². The van der Waals surface area contributed by atoms with Gasteiger partial charge in [-0.25, -0.2) is 14.6 Å². The Balaban J connectivity index is 1.84. The third-order valence-corrected chi connectivity index (χ3v) is 4.99. The standard InChI is InChI=1S/C18H19ClN4O3S/c1-18(2,3)23(21(4)14-7-5-13(19)6-8-14)17(25)26-16(24)22-15-12(11-20-22)9-10-27-15/h5-11H,1-4H3. The van der Waals surface area contributed by atoms with E-state index < -0.39 is 17.7 Å². The zero-order valence-corrected chi connectivity index (χ0v) is 16.9. The lowest BCUT2D eigenvalue weighted by Gasteiger charge is -2.41. The summed E-state index contributed by atoms with van der Waals surface area (Å²) in [4.78, 5) is 25.9. The zero-order valence-electron chi connectivity index (χ0n) is 15.3. The number of halogens is 1. The van der Waals surface area contributed by atoms with Gasteiger partial charge in [0.05, 0.1) is 17.4 Å². The third-order valence-electron chi connectivity index (χ3n) is 3.84. The van der Waals surface area contributed by atoms with E-state index in [9.17, 15) is 9.59 Å². The number of aromatic nitrogens is 2. The van der Waals surface area contributed by atoms with E-state index in [0.717, 1.165) is 15.8 Å². The Morgan fingerprint density at radius 3 is 2.48 bits per heavy atom. The minimum absolute atomic E-state index is 0.589. The summed E-state index contributed by atoms with van der Waals surface area (Å²) in [5, 5.41) is 10.2. The number of fused-ring (bicyclic) bond motifs is 1. The minimum Gasteiger partial charge on any atom is -0.356 e. The Morgan fingerprint density at radius 2 is 1.85 bits per heavy atom. The smallest absolute Gasteiger partial charge is 0.356 e. The number of hydrogen-bond donors (Lipinski definition) is 0. The lowest BCUT2D eigenvalue weighted by atomic mass is 10.1. The van der Waals surface area contributed by atoms with Crippen LogP contribution in [0, 0.1) is 0 Å². The van der Waals surface area contributed by atoms with Crippen molar-refractivity contribution in [2.24, 2.45) is 0 Å². The number of thiophene rings is 1. The summed E-state index contributed by atoms with van der Waals surface area (Å²) in [6.07, 6.45) is -0.0970. The fraction of sp³-hybridized carbons (Fsp3) is 0.278. The van der Waals surface area contributed by atoms with Gasteiger partial charge in [0, 0.05) is 17.5 Å². The Hall–Kier alpha value is -2.58. The van der Waals surface area contributed by atoms with Crippen molar-refractivity contribution in [3.8, 4) is 0 Å². The molecule has 0 spiro atoms. The predicted molar refractivity (Wildman–Crippen MR) is 106 cm³/mol. The first kappa shape index (κ1) is 19.2. The highest BCUT2D eigenvalue weighted by Gasteiger charge is 2.34. The summed E-state index contributed by atoms with van der Waals surface area (Å²) >= 11 is 7.28. The number of rotatable bonds is 2. The molecule has 2 aromatic heterocycles. The van der Waals surface area contributed by atoms with Crippen LogP contribution in [0.1, 0.15) is 20.8 Å². The van der Waals surface area contributed by atoms with E-state index >= 15 is 0 Å². The average molecular weight is 407 g/mol. The van der Waals surface area contributed by atoms with Crippen LogP contribution >= 0.6 is 22.9 Å². The maximum absolute atomic E-state index is 12.8. The van der Waals surface area contributed by atoms with Gasteiger partial charge in [-0.2, -0.15) is 9.78 Å². The molecule has 0 fully saturated rings. The van der Waals surface area contributed by atoms with Gasteiger partial charge in [-0.3, -0.25) is 5.01 Å². The highest BCUT2D eigenvalue weighted by atomic mass is 35.5. The molecular formula is C18H19ClN4O3S. The monoisotopic (exact) mass is 406 g/mol. The number of hydrazine groups is 1. The fourth-order valence-electron chi connectivity index (χ4n) is 2.66. The van der Waals surface area contributed by atoms with Crippen LogP contribution < -0.4 is 5.01 Å². The molecule has 0 saturated carbocycles. The zero-order chi connectivity index (χ0) is 19.8. The van der Waals surface area contributed by atoms with E-state index in [2.05, 4.69) is 5.10 Å². The number of anilines is 1. The highest BCUT2D eigenvalue weighted by molar-refractivity contribution is 7.16. The number of hydrogen-bond acceptors (Lipinski definition) is 6. The molecule has 27 heavy (non-hydrogen) atoms. The van der Waals surface area contributed by atoms with Crippen molar-refractivity contribution >= 4 is 51.0 Å². The lowest BCUT2D eigenvalue weighted by Crippen LogP contribution is -2.55. The van der Waals surface area contributed by atoms with Crippen molar-refractivity contribution in [3.63, 3.8) is 0 Å². The van der Waals surface area contributed by atoms with Crippen LogP contribution in [0.3, 0.4) is 0 Å². The van der Waals surface area contributed by atoms with Crippen LogP contribution in [-0.2, 0) is 4.74 Å². The fourth-order valence-corrected chi connectivity index (χ4v) is 3.61. The van der Waals surface area contributed by atoms with Crippen LogP contribution in [0.2, 0.25) is 5.02 Å². The number of carbonyl (C=O) groups is 2. The van der Waals surface area contributed by atoms with Gasteiger partial charge in [0.2, 0.25) is 0 Å². The van der Waals surface area contributed by atoms with Crippen molar-refractivity contribution in [3.05, 3.63) is 46.9 Å². The van der Waals surface area contributed by atoms with E-state index in [1.54, 1.807) is 42.5 Å². The van der Waals surface area contributed by atoms with Gasteiger partial charge in [0.25, 0.3) is 0 Å². The second-order valence-corrected chi connectivity index (χ2v) is 8.18. The molecule has 9 heteroatoms. The molecule has 0 atom stereocenters. The number of ether oxygens (including phenoxy) is 1. The number of carbonyl (C=O) groups excluding carboxylic acids is 2. The van der Waals surface area contributed by atoms with E-state index in [1.165, 1.54) is 16.3 Å². The first-order chi connectivity index (χ1) is 12.7. The van der Waals surface area contributed by atoms with Crippen molar-refractivity contribution in [1.82, 2.24) is 14.8 Å². The summed E-state index contributed by atoms with van der Waals surface area (Å²) in [6, 6.07) is 8.84. The van der Waals surface area contributed by atoms with Crippen molar-refractivity contribution in [1.29, 1.82) is 0 Å². The molecule has 1 amide bonds. The Bertz CT molecular complexity index is 975. The molecule has 3 aromatic rings. The second-order valence-electron chi connectivity index (χ2n) is 6.85. The quantitative estimate of drug-likeness (QED) is 0.442. The van der Waals surface area contributed by atoms with Gasteiger partial charge in [-0.1, -0.05) is 11.6 Å². The van der Waals surface area contributed by atoms with Crippen LogP contribution in [0.25, 0.3) is 10.2 Å². The largest absolute Gasteiger partial charge is 0.445 e. The lowest BCUT2D eigenvalue weighted by molar-refractivity contribution is 0.0810. The van der Waals surface area contributed by atoms with Crippen molar-refractivity contribution in [2.45, 2.75) is 26.3 Å². The first-order valence-corrected chi connectivity index (χ1v) is 9.41. The summed E-state index contributed by atoms with van der Waals surface area (Å²) in [5.74, 6) is 0. The molecule has 0 bridgehead atoms. The van der Waals surface area contributed by atoms with Gasteiger partial charge in [-0.05, 0) is 56.5 Å². The van der Waals surface area contributed by atoms with Gasteiger partial charge in [-0.15, -0.1) is 11.3 Å². The minimum atomic E-state index is -0.851. The molecule has 0 aliphatic rings. The Morgan fingerprint density at radius 1 is 1.19 bits per heavy atom. The number of nitrogens with zero attached hydrogens (tertiary/aromatic N) is 4. The van der Waals surface area contributed by atoms with E-state index in [-0.39, 0.29) is 0 Å². The van der Waals surface area contributed by atoms with Gasteiger partial charge < -0.3 is 4.74 Å². The summed E-state index contributed by atoms with van der Waals surface area (Å²) in [6.45, 7) is 5.53. The Kier molecular flexibility index (Phi) is 5.12. The average Bonchev–Trinajstić information content (AvgIpc) is 3.16. The summed E-state index contributed by atoms with van der Waals surface area (Å²) in [5.41, 5.74) is 0.0761. The molecular weight excluding hydrogens is 388 g/mol. The SMILES string of the molecule is CN(c1ccc(Cl)cc1)N(C(=O)OC(=O)n1ncc2ccsc21)C(C)(C)C. The molecule has 0 aliphatic heterocycles. The first-order valence-electron chi connectivity index (χ1n) is 8.15. The van der Waals surface area contributed by atoms with Crippen LogP contribution in [0.4, 0.5) is 15.3 Å². The highest BCUT2D eigenvalue weighted by Crippen LogP contribution is 2.25. The van der Waals surface area contributed by atoms with Gasteiger partial charge in [0.15, 0.2) is 0 Å². The molecule has 142 valence electrons. The van der Waals surface area contributed by atoms with E-state index in [4.69, 9.17) is 16.3 Å². The van der Waals surface area contributed by atoms with Crippen LogP contribution in [0.15, 0.2) is 41.9 Å². The van der Waals surface area contributed by atoms with Gasteiger partial charge in [0.1, 0.15) is 4.83 Å². The third kappa shape index (κ3) is 3.91. The maximum Gasteiger partial charge on any atom is 0.445 e. The second kappa shape index (κ2) is 7.21. The Labute approximate surface area is 165 Å². The van der Waals surface area contributed by atoms with E-state index in [1.807, 2.05) is 32.2 Å². The molecule has 0 aliphatic carbocycles. The molecule has 7 nitrogen and oxygen atoms in total. The topological polar surface area (TPSA) is 67.7 Å². The van der Waals surface area contributed by atoms with Crippen molar-refractivity contribution < 1.29 is 14.3 Å². The molecule has 1 aromatic carbocycles. The maximum atomic E-state index is 12.8. The molecule has 0 radical (unpaired) electrons. The van der Waals surface area contributed by atoms with Crippen LogP contribution in [-0.4, -0.2) is 39.6 Å². The molecule has 3 rings (SSSR count). The normalized spacial score (nSPS) is 11.4. The molecule has 0 saturated heterocycles. The predicted octanol–water partition coefficient (Wildman–Crippen LogP) is 5.01. The number of amides is 1. The molecule has 0 unspecified atom stereocenters. The molecule has 0 N–H and O–H groups in total. The van der Waals surface area contributed by atoms with Crippen LogP contribution in [0.5, 0.6) is 0 Å². The summed E-state index contributed by atoms with van der Waals surface area (Å²) < 4.78 is 6.20. The van der Waals surface area contributed by atoms with E-state index in [0.29, 0.717) is 9.85 Å². The number of benzene rings is 1.